The molecule has 1 aromatic carbocycles. The van der Waals surface area contributed by atoms with Gasteiger partial charge in [-0.3, -0.25) is 19.3 Å². The van der Waals surface area contributed by atoms with Gasteiger partial charge in [0, 0.05) is 13.1 Å². The van der Waals surface area contributed by atoms with Crippen molar-refractivity contribution in [3.05, 3.63) is 27.1 Å². The van der Waals surface area contributed by atoms with Gasteiger partial charge in [0.05, 0.1) is 36.8 Å². The van der Waals surface area contributed by atoms with Gasteiger partial charge in [0.25, 0.3) is 11.1 Å². The average molecular weight is 529 g/mol. The summed E-state index contributed by atoms with van der Waals surface area (Å²) in [5, 5.41) is -0.507. The molecule has 32 heavy (non-hydrogen) atoms. The fourth-order valence-corrected chi connectivity index (χ4v) is 4.40. The molecule has 2 aliphatic heterocycles. The van der Waals surface area contributed by atoms with Crippen LogP contribution in [-0.4, -0.2) is 86.5 Å². The number of amides is 3. The van der Waals surface area contributed by atoms with Crippen molar-refractivity contribution in [1.29, 1.82) is 0 Å². The van der Waals surface area contributed by atoms with Crippen molar-refractivity contribution in [3.63, 3.8) is 0 Å². The molecule has 1 aromatic rings. The molecule has 0 saturated carbocycles. The summed E-state index contributed by atoms with van der Waals surface area (Å²) in [5.74, 6) is -0.782. The largest absolute Gasteiger partial charge is 0.493 e. The number of esters is 1. The Kier molecular flexibility index (Phi) is 8.15. The van der Waals surface area contributed by atoms with Crippen molar-refractivity contribution >= 4 is 56.8 Å². The summed E-state index contributed by atoms with van der Waals surface area (Å²) in [4.78, 5) is 51.6. The van der Waals surface area contributed by atoms with E-state index in [1.165, 1.54) is 20.3 Å². The number of nitrogens with zero attached hydrogens (tertiary/aromatic N) is 2. The molecule has 0 bridgehead atoms. The Hall–Kier alpha value is -2.57. The number of methoxy groups -OCH3 is 2. The number of rotatable bonds is 7. The van der Waals surface area contributed by atoms with Crippen LogP contribution in [0, 0.1) is 0 Å². The third-order valence-electron chi connectivity index (χ3n) is 4.64. The molecule has 2 aliphatic rings. The first-order chi connectivity index (χ1) is 15.3. The minimum absolute atomic E-state index is 0.182. The van der Waals surface area contributed by atoms with Crippen LogP contribution in [0.4, 0.5) is 4.79 Å². The van der Waals surface area contributed by atoms with E-state index in [2.05, 4.69) is 20.7 Å². The van der Waals surface area contributed by atoms with Crippen LogP contribution in [-0.2, 0) is 23.9 Å². The lowest BCUT2D eigenvalue weighted by atomic mass is 10.2. The van der Waals surface area contributed by atoms with Crippen LogP contribution in [0.3, 0.4) is 0 Å². The fraction of sp³-hybridized carbons (Fsp3) is 0.400. The summed E-state index contributed by atoms with van der Waals surface area (Å²) in [7, 11) is 2.68. The van der Waals surface area contributed by atoms with E-state index in [9.17, 15) is 19.2 Å². The lowest BCUT2D eigenvalue weighted by Gasteiger charge is -2.28. The number of thioether (sulfide) groups is 1. The average Bonchev–Trinajstić information content (AvgIpc) is 3.05. The zero-order valence-corrected chi connectivity index (χ0v) is 19.8. The maximum atomic E-state index is 12.8. The van der Waals surface area contributed by atoms with E-state index < -0.39 is 17.1 Å². The van der Waals surface area contributed by atoms with Crippen LogP contribution >= 0.6 is 27.7 Å². The van der Waals surface area contributed by atoms with Crippen molar-refractivity contribution in [2.75, 3.05) is 53.7 Å². The minimum Gasteiger partial charge on any atom is -0.493 e. The van der Waals surface area contributed by atoms with Gasteiger partial charge in [-0.2, -0.15) is 0 Å². The summed E-state index contributed by atoms with van der Waals surface area (Å²) < 4.78 is 21.0. The van der Waals surface area contributed by atoms with Gasteiger partial charge in [0.1, 0.15) is 6.54 Å². The molecular formula is C20H21BrN2O8S. The molecule has 0 N–H and O–H groups in total. The third-order valence-corrected chi connectivity index (χ3v) is 6.14. The van der Waals surface area contributed by atoms with Gasteiger partial charge in [-0.1, -0.05) is 0 Å². The van der Waals surface area contributed by atoms with E-state index >= 15 is 0 Å². The van der Waals surface area contributed by atoms with Crippen molar-refractivity contribution in [2.24, 2.45) is 0 Å². The zero-order valence-electron chi connectivity index (χ0n) is 17.4. The van der Waals surface area contributed by atoms with Crippen LogP contribution in [0.15, 0.2) is 21.5 Å². The van der Waals surface area contributed by atoms with Crippen molar-refractivity contribution < 1.29 is 38.1 Å². The number of carbonyl (C=O) groups is 4. The van der Waals surface area contributed by atoms with Gasteiger partial charge in [-0.25, -0.2) is 4.79 Å². The second kappa shape index (κ2) is 10.8. The minimum atomic E-state index is -0.552. The summed E-state index contributed by atoms with van der Waals surface area (Å²) >= 11 is 4.12. The maximum Gasteiger partial charge on any atom is 0.343 e. The molecule has 0 aliphatic carbocycles. The monoisotopic (exact) mass is 528 g/mol. The Morgan fingerprint density at radius 1 is 1.22 bits per heavy atom. The molecule has 0 unspecified atom stereocenters. The highest BCUT2D eigenvalue weighted by Gasteiger charge is 2.37. The Morgan fingerprint density at radius 3 is 2.59 bits per heavy atom. The van der Waals surface area contributed by atoms with Gasteiger partial charge in [0.2, 0.25) is 5.91 Å². The molecular weight excluding hydrogens is 508 g/mol. The van der Waals surface area contributed by atoms with Crippen LogP contribution < -0.4 is 9.47 Å². The molecule has 2 heterocycles. The fourth-order valence-electron chi connectivity index (χ4n) is 2.99. The van der Waals surface area contributed by atoms with E-state index in [1.807, 2.05) is 0 Å². The van der Waals surface area contributed by atoms with E-state index in [1.54, 1.807) is 17.0 Å². The first kappa shape index (κ1) is 24.1. The smallest absolute Gasteiger partial charge is 0.343 e. The highest BCUT2D eigenvalue weighted by molar-refractivity contribution is 9.10. The quantitative estimate of drug-likeness (QED) is 0.386. The molecule has 0 radical (unpaired) electrons. The van der Waals surface area contributed by atoms with Crippen LogP contribution in [0.2, 0.25) is 0 Å². The van der Waals surface area contributed by atoms with Gasteiger partial charge in [-0.15, -0.1) is 0 Å². The van der Waals surface area contributed by atoms with Crippen molar-refractivity contribution in [1.82, 2.24) is 9.80 Å². The molecule has 12 heteroatoms. The van der Waals surface area contributed by atoms with Crippen LogP contribution in [0.5, 0.6) is 11.5 Å². The molecule has 0 spiro atoms. The Balaban J connectivity index is 1.75. The van der Waals surface area contributed by atoms with Crippen molar-refractivity contribution in [2.45, 2.75) is 0 Å². The lowest BCUT2D eigenvalue weighted by Crippen LogP contribution is -2.46. The van der Waals surface area contributed by atoms with E-state index in [-0.39, 0.29) is 24.0 Å². The second-order valence-corrected chi connectivity index (χ2v) is 8.51. The SMILES string of the molecule is COC(=O)COc1c(Br)cc(/C=C2/SC(=O)N(CC(=O)N3CCOCC3)C2=O)cc1OC. The summed E-state index contributed by atoms with van der Waals surface area (Å²) in [6.45, 7) is 1.12. The molecule has 10 nitrogen and oxygen atoms in total. The van der Waals surface area contributed by atoms with Crippen LogP contribution in [0.25, 0.3) is 6.08 Å². The van der Waals surface area contributed by atoms with Gasteiger partial charge < -0.3 is 23.8 Å². The van der Waals surface area contributed by atoms with Gasteiger partial charge in [-0.05, 0) is 51.5 Å². The first-order valence-corrected chi connectivity index (χ1v) is 11.1. The lowest BCUT2D eigenvalue weighted by molar-refractivity contribution is -0.143. The number of imide groups is 1. The predicted molar refractivity (Wildman–Crippen MR) is 118 cm³/mol. The molecule has 172 valence electrons. The molecule has 2 saturated heterocycles. The van der Waals surface area contributed by atoms with Gasteiger partial charge in [0.15, 0.2) is 18.1 Å². The molecule has 3 amide bonds. The maximum absolute atomic E-state index is 12.8. The summed E-state index contributed by atoms with van der Waals surface area (Å²) in [6, 6.07) is 3.26. The molecule has 2 fully saturated rings. The number of hydrogen-bond donors (Lipinski definition) is 0. The Labute approximate surface area is 196 Å². The zero-order chi connectivity index (χ0) is 23.3. The number of ether oxygens (including phenoxy) is 4. The van der Waals surface area contributed by atoms with Gasteiger partial charge >= 0.3 is 5.97 Å². The van der Waals surface area contributed by atoms with E-state index in [0.29, 0.717) is 47.8 Å². The summed E-state index contributed by atoms with van der Waals surface area (Å²) in [6.07, 6.45) is 1.53. The molecule has 0 aromatic heterocycles. The van der Waals surface area contributed by atoms with E-state index in [4.69, 9.17) is 14.2 Å². The standard InChI is InChI=1S/C20H21BrN2O8S/c1-28-14-8-12(7-13(21)18(14)31-11-17(25)29-2)9-15-19(26)23(20(27)32-15)10-16(24)22-3-5-30-6-4-22/h7-9H,3-6,10-11H2,1-2H3/b15-9+. The first-order valence-electron chi connectivity index (χ1n) is 9.52. The van der Waals surface area contributed by atoms with E-state index in [0.717, 1.165) is 16.7 Å². The Morgan fingerprint density at radius 2 is 1.94 bits per heavy atom. The van der Waals surface area contributed by atoms with Crippen molar-refractivity contribution in [3.8, 4) is 11.5 Å². The number of carbonyl (C=O) groups excluding carboxylic acids is 4. The molecule has 0 atom stereocenters. The normalized spacial score (nSPS) is 17.7. The number of morpholine rings is 1. The number of halogens is 1. The third kappa shape index (κ3) is 5.61. The topological polar surface area (TPSA) is 112 Å². The van der Waals surface area contributed by atoms with Crippen LogP contribution in [0.1, 0.15) is 5.56 Å². The highest BCUT2D eigenvalue weighted by atomic mass is 79.9. The second-order valence-electron chi connectivity index (χ2n) is 6.66. The Bertz CT molecular complexity index is 961. The summed E-state index contributed by atoms with van der Waals surface area (Å²) in [5.41, 5.74) is 0.559. The highest BCUT2D eigenvalue weighted by Crippen LogP contribution is 2.39. The predicted octanol–water partition coefficient (Wildman–Crippen LogP) is 1.90. The number of hydrogen-bond acceptors (Lipinski definition) is 9. The molecule has 3 rings (SSSR count). The number of benzene rings is 1.